The van der Waals surface area contributed by atoms with E-state index in [0.717, 1.165) is 98.4 Å². The summed E-state index contributed by atoms with van der Waals surface area (Å²) >= 11 is 1.72. The van der Waals surface area contributed by atoms with Crippen LogP contribution in [0.25, 0.3) is 0 Å². The van der Waals surface area contributed by atoms with Crippen LogP contribution in [0.2, 0.25) is 0 Å². The van der Waals surface area contributed by atoms with Gasteiger partial charge in [-0.15, -0.1) is 0 Å². The maximum Gasteiger partial charge on any atom is 0.335 e. The maximum absolute atomic E-state index is 12.1. The molecule has 17 saturated carbocycles. The zero-order chi connectivity index (χ0) is 70.7. The Hall–Kier alpha value is -4.47. The summed E-state index contributed by atoms with van der Waals surface area (Å²) in [5, 5.41) is 10.5. The van der Waals surface area contributed by atoms with Crippen molar-refractivity contribution in [3.8, 4) is 0 Å². The summed E-state index contributed by atoms with van der Waals surface area (Å²) in [6.45, 7) is 43.7. The van der Waals surface area contributed by atoms with E-state index in [0.29, 0.717) is 99.7 Å². The topological polar surface area (TPSA) is 187 Å². The fourth-order valence-electron chi connectivity index (χ4n) is 22.3. The second-order valence-corrected chi connectivity index (χ2v) is 35.4. The van der Waals surface area contributed by atoms with E-state index in [1.54, 1.807) is 53.3 Å². The zero-order valence-electron chi connectivity index (χ0n) is 61.6. The molecule has 0 aromatic rings. The van der Waals surface area contributed by atoms with Crippen molar-refractivity contribution in [3.05, 3.63) is 72.9 Å². The fourth-order valence-corrected chi connectivity index (χ4v) is 23.1. The number of rotatable bonds is 15. The monoisotopic (exact) mass is 1360 g/mol. The van der Waals surface area contributed by atoms with E-state index < -0.39 is 11.2 Å². The van der Waals surface area contributed by atoms with Gasteiger partial charge < -0.3 is 38.3 Å². The number of esters is 6. The van der Waals surface area contributed by atoms with E-state index in [-0.39, 0.29) is 64.5 Å². The third kappa shape index (κ3) is 17.5. The highest BCUT2D eigenvalue weighted by Gasteiger charge is 2.63. The third-order valence-electron chi connectivity index (χ3n) is 26.1. The van der Waals surface area contributed by atoms with Crippen LogP contribution in [0.1, 0.15) is 256 Å². The van der Waals surface area contributed by atoms with Crippen LogP contribution < -0.4 is 0 Å². The van der Waals surface area contributed by atoms with E-state index in [9.17, 15) is 33.9 Å². The summed E-state index contributed by atoms with van der Waals surface area (Å²) in [6.07, 6.45) is 32.3. The molecule has 0 aromatic carbocycles. The van der Waals surface area contributed by atoms with Crippen LogP contribution >= 0.6 is 11.8 Å². The van der Waals surface area contributed by atoms with Gasteiger partial charge in [0.05, 0.1) is 18.0 Å². The van der Waals surface area contributed by atoms with Gasteiger partial charge in [-0.3, -0.25) is 0 Å². The Morgan fingerprint density at radius 2 is 0.845 bits per heavy atom. The van der Waals surface area contributed by atoms with E-state index in [2.05, 4.69) is 74.1 Å². The van der Waals surface area contributed by atoms with Crippen molar-refractivity contribution in [2.45, 2.75) is 296 Å². The van der Waals surface area contributed by atoms with Gasteiger partial charge in [0.15, 0.2) is 0 Å². The Labute approximate surface area is 587 Å². The average molecular weight is 1370 g/mol. The van der Waals surface area contributed by atoms with E-state index in [1.807, 2.05) is 0 Å². The van der Waals surface area contributed by atoms with Crippen LogP contribution in [-0.4, -0.2) is 98.9 Å². The molecular formula is C82H124O14S. The Bertz CT molecular complexity index is 2850. The molecule has 1 aliphatic heterocycles. The lowest BCUT2D eigenvalue weighted by atomic mass is 9.47. The number of hydrogen-bond acceptors (Lipinski definition) is 15. The SMILES string of the molecule is C=C(C)C(=O)OC1(C(C)C)C2CC3CC(C2)CC1C3.C=C(C)C(=O)OC1(C)C2CC3CC(C2)CC1C3.C=C(C)C(=O)OC1(CC)C2CC3CC(C2)CC1C3.C=C(C)C(=O)OC1(CC)CCCCC1.C=C(C)C(=O)OC12CC3CC(CC(O)(C3)C1)C2.C=C(C)C(=O)OC1CSCCO1. The van der Waals surface area contributed by atoms with Crippen molar-refractivity contribution in [3.63, 3.8) is 0 Å². The van der Waals surface area contributed by atoms with Crippen LogP contribution in [0.3, 0.4) is 0 Å². The molecule has 97 heavy (non-hydrogen) atoms. The molecule has 3 atom stereocenters. The summed E-state index contributed by atoms with van der Waals surface area (Å²) in [7, 11) is 0. The van der Waals surface area contributed by atoms with Crippen molar-refractivity contribution in [1.29, 1.82) is 0 Å². The number of hydrogen-bond donors (Lipinski definition) is 1. The quantitative estimate of drug-likeness (QED) is 0.0926. The Morgan fingerprint density at radius 3 is 1.23 bits per heavy atom. The molecule has 3 unspecified atom stereocenters. The maximum atomic E-state index is 12.1. The van der Waals surface area contributed by atoms with Gasteiger partial charge >= 0.3 is 35.8 Å². The van der Waals surface area contributed by atoms with Crippen molar-refractivity contribution in [1.82, 2.24) is 0 Å². The Morgan fingerprint density at radius 1 is 0.464 bits per heavy atom. The minimum atomic E-state index is -0.570. The lowest BCUT2D eigenvalue weighted by molar-refractivity contribution is -0.221. The number of aliphatic hydroxyl groups is 1. The minimum Gasteiger partial charge on any atom is -0.456 e. The summed E-state index contributed by atoms with van der Waals surface area (Å²) in [6, 6.07) is 0. The van der Waals surface area contributed by atoms with Crippen molar-refractivity contribution in [2.24, 2.45) is 88.8 Å². The smallest absolute Gasteiger partial charge is 0.335 e. The first-order chi connectivity index (χ1) is 45.7. The highest BCUT2D eigenvalue weighted by Crippen LogP contribution is 2.64. The molecule has 15 heteroatoms. The summed E-state index contributed by atoms with van der Waals surface area (Å²) in [5.41, 5.74) is 1.25. The molecule has 14 nitrogen and oxygen atoms in total. The fraction of sp³-hybridized carbons (Fsp3) is 0.780. The van der Waals surface area contributed by atoms with Crippen LogP contribution in [0, 0.1) is 88.8 Å². The molecule has 18 fully saturated rings. The van der Waals surface area contributed by atoms with Crippen LogP contribution in [0.5, 0.6) is 0 Å². The first kappa shape index (κ1) is 76.7. The van der Waals surface area contributed by atoms with Crippen molar-refractivity contribution >= 4 is 47.6 Å². The van der Waals surface area contributed by atoms with Crippen LogP contribution in [0.15, 0.2) is 72.9 Å². The molecule has 1 N–H and O–H groups in total. The largest absolute Gasteiger partial charge is 0.456 e. The molecule has 0 aromatic heterocycles. The molecule has 0 amide bonds. The molecule has 1 saturated heterocycles. The Balaban J connectivity index is 0.000000137. The van der Waals surface area contributed by atoms with E-state index in [1.165, 1.54) is 122 Å². The number of ether oxygens (including phenoxy) is 7. The first-order valence-corrected chi connectivity index (χ1v) is 39.0. The lowest BCUT2D eigenvalue weighted by Gasteiger charge is -2.61. The standard InChI is InChI=1S/C17H26O2.C16H24O2.C15H22O2.C14H20O3.C12H20O2.C8H12O3S/c1-10(2)16(18)19-17(11(3)4)14-6-12-5-13(8-14)9-15(17)7-12;1-4-16(18-15(17)10(2)3)13-6-11-5-12(8-13)9-14(16)7-11;1-9(2)14(16)17-15(3)12-5-10-4-11(7-12)8-13(15)6-10;1-9(2)12(15)17-14-6-10-3-11(7-14)5-13(16,4-10)8-14;1-4-12(8-6-5-7-9-12)14-11(13)10(2)3;1-6(2)8(9)11-7-5-12-4-3-10-7/h11-15H,1,5-9H2,2-4H3;11-14H,2,4-9H2,1,3H3;10-13H,1,4-8H2,2-3H3;10-11,16H,1,3-8H2,2H3;2,4-9H2,1,3H3;7H,1,3-5H2,2H3. The number of carbonyl (C=O) groups is 6. The molecule has 16 bridgehead atoms. The second-order valence-electron chi connectivity index (χ2n) is 34.3. The highest BCUT2D eigenvalue weighted by molar-refractivity contribution is 7.99. The first-order valence-electron chi connectivity index (χ1n) is 37.9. The molecule has 1 heterocycles. The van der Waals surface area contributed by atoms with Gasteiger partial charge in [0.2, 0.25) is 6.29 Å². The molecular weight excluding hydrogens is 1240 g/mol. The average Bonchev–Trinajstić information content (AvgIpc) is 0.749. The number of carbonyl (C=O) groups excluding carboxylic acids is 6. The molecule has 0 radical (unpaired) electrons. The normalized spacial score (nSPS) is 39.1. The number of thioether (sulfide) groups is 1. The highest BCUT2D eigenvalue weighted by atomic mass is 32.2. The van der Waals surface area contributed by atoms with Gasteiger partial charge in [0.25, 0.3) is 0 Å². The van der Waals surface area contributed by atoms with Gasteiger partial charge in [-0.05, 0) is 304 Å². The lowest BCUT2D eigenvalue weighted by Crippen LogP contribution is -2.62. The second kappa shape index (κ2) is 31.4. The molecule has 18 rings (SSSR count). The van der Waals surface area contributed by atoms with E-state index >= 15 is 0 Å². The van der Waals surface area contributed by atoms with Crippen molar-refractivity contribution in [2.75, 3.05) is 18.1 Å². The van der Waals surface area contributed by atoms with Gasteiger partial charge in [-0.25, -0.2) is 28.8 Å². The van der Waals surface area contributed by atoms with Gasteiger partial charge in [0.1, 0.15) is 28.0 Å². The van der Waals surface area contributed by atoms with Gasteiger partial charge in [-0.2, -0.15) is 11.8 Å². The summed E-state index contributed by atoms with van der Waals surface area (Å²) in [5.74, 6) is 10.8. The van der Waals surface area contributed by atoms with E-state index in [4.69, 9.17) is 33.2 Å². The molecule has 0 spiro atoms. The third-order valence-corrected chi connectivity index (χ3v) is 27.1. The van der Waals surface area contributed by atoms with Crippen LogP contribution in [-0.2, 0) is 61.9 Å². The summed E-state index contributed by atoms with van der Waals surface area (Å²) < 4.78 is 39.3. The minimum absolute atomic E-state index is 0.163. The predicted octanol–water partition coefficient (Wildman–Crippen LogP) is 17.6. The summed E-state index contributed by atoms with van der Waals surface area (Å²) in [4.78, 5) is 70.1. The molecule has 542 valence electrons. The van der Waals surface area contributed by atoms with Crippen LogP contribution in [0.4, 0.5) is 0 Å². The zero-order valence-corrected chi connectivity index (χ0v) is 62.4. The predicted molar refractivity (Wildman–Crippen MR) is 381 cm³/mol. The molecule has 18 aliphatic rings. The Kier molecular flexibility index (Phi) is 24.8. The van der Waals surface area contributed by atoms with Crippen molar-refractivity contribution < 1.29 is 67.0 Å². The van der Waals surface area contributed by atoms with Gasteiger partial charge in [-0.1, -0.05) is 73.6 Å². The molecule has 17 aliphatic carbocycles. The van der Waals surface area contributed by atoms with Gasteiger partial charge in [0, 0.05) is 45.6 Å².